The quantitative estimate of drug-likeness (QED) is 0.670. The fourth-order valence-electron chi connectivity index (χ4n) is 2.36. The van der Waals surface area contributed by atoms with Crippen LogP contribution in [0.3, 0.4) is 0 Å². The number of methoxy groups -OCH3 is 1. The van der Waals surface area contributed by atoms with E-state index in [1.54, 1.807) is 11.8 Å². The van der Waals surface area contributed by atoms with Crippen molar-refractivity contribution in [3.05, 3.63) is 71.0 Å². The number of hydrogen-bond donors (Lipinski definition) is 2. The van der Waals surface area contributed by atoms with E-state index >= 15 is 0 Å². The van der Waals surface area contributed by atoms with Crippen molar-refractivity contribution in [1.29, 1.82) is 0 Å². The Hall–Kier alpha value is -2.86. The van der Waals surface area contributed by atoms with Crippen LogP contribution in [0.1, 0.15) is 5.56 Å². The number of rotatable bonds is 6. The van der Waals surface area contributed by atoms with Gasteiger partial charge in [0.15, 0.2) is 5.82 Å². The predicted molar refractivity (Wildman–Crippen MR) is 99.1 cm³/mol. The lowest BCUT2D eigenvalue weighted by molar-refractivity contribution is 0.416. The molecule has 3 aromatic rings. The molecule has 24 heavy (non-hydrogen) atoms. The number of ether oxygens (including phenoxy) is 1. The molecule has 0 saturated heterocycles. The van der Waals surface area contributed by atoms with Gasteiger partial charge >= 0.3 is 0 Å². The smallest absolute Gasteiger partial charge is 0.214 e. The molecule has 0 amide bonds. The van der Waals surface area contributed by atoms with Crippen LogP contribution in [0.5, 0.6) is 5.75 Å². The second-order valence-electron chi connectivity index (χ2n) is 5.06. The van der Waals surface area contributed by atoms with Crippen LogP contribution in [0, 0.1) is 4.77 Å². The van der Waals surface area contributed by atoms with Crippen LogP contribution in [0.2, 0.25) is 0 Å². The number of aromatic amines is 1. The van der Waals surface area contributed by atoms with Crippen LogP contribution in [0.4, 0.5) is 0 Å². The van der Waals surface area contributed by atoms with Crippen molar-refractivity contribution in [2.45, 2.75) is 0 Å². The molecule has 0 spiro atoms. The first-order valence-corrected chi connectivity index (χ1v) is 7.96. The molecule has 1 heterocycles. The Labute approximate surface area is 145 Å². The summed E-state index contributed by atoms with van der Waals surface area (Å²) in [5, 5.41) is 7.13. The standard InChI is InChI=1S/C18H18N4OS/c1-23-16-12-6-5-11-15(16)17-20-21-18(24)22(17)19-13-7-10-14-8-3-2-4-9-14/h2-12,19H,13H2,1H3,(H,21,24). The SMILES string of the molecule is COc1ccccc1-c1n[nH]c(=S)n1NCC=Cc1ccccc1. The number of para-hydroxylation sites is 1. The Kier molecular flexibility index (Phi) is 5.08. The fourth-order valence-corrected chi connectivity index (χ4v) is 2.55. The third-order valence-corrected chi connectivity index (χ3v) is 3.77. The lowest BCUT2D eigenvalue weighted by Crippen LogP contribution is -2.16. The van der Waals surface area contributed by atoms with E-state index in [0.29, 0.717) is 17.1 Å². The molecule has 0 fully saturated rings. The van der Waals surface area contributed by atoms with Crippen LogP contribution >= 0.6 is 12.2 Å². The maximum absolute atomic E-state index is 5.40. The normalized spacial score (nSPS) is 10.9. The minimum absolute atomic E-state index is 0.504. The van der Waals surface area contributed by atoms with Gasteiger partial charge in [-0.3, -0.25) is 0 Å². The highest BCUT2D eigenvalue weighted by molar-refractivity contribution is 7.71. The molecular formula is C18H18N4OS. The van der Waals surface area contributed by atoms with Crippen molar-refractivity contribution >= 4 is 18.3 Å². The molecule has 3 rings (SSSR count). The number of nitrogens with one attached hydrogen (secondary N) is 2. The number of nitrogens with zero attached hydrogens (tertiary/aromatic N) is 2. The van der Waals surface area contributed by atoms with Crippen LogP contribution in [-0.4, -0.2) is 28.5 Å². The maximum Gasteiger partial charge on any atom is 0.214 e. The maximum atomic E-state index is 5.40. The summed E-state index contributed by atoms with van der Waals surface area (Å²) in [7, 11) is 1.64. The summed E-state index contributed by atoms with van der Waals surface area (Å²) in [6, 6.07) is 17.8. The van der Waals surface area contributed by atoms with E-state index in [1.807, 2.05) is 48.5 Å². The van der Waals surface area contributed by atoms with Crippen LogP contribution in [-0.2, 0) is 0 Å². The monoisotopic (exact) mass is 338 g/mol. The minimum atomic E-state index is 0.504. The summed E-state index contributed by atoms with van der Waals surface area (Å²) in [5.41, 5.74) is 5.28. The van der Waals surface area contributed by atoms with Gasteiger partial charge in [0, 0.05) is 6.54 Å². The summed E-state index contributed by atoms with van der Waals surface area (Å²) >= 11 is 5.31. The van der Waals surface area contributed by atoms with E-state index in [1.165, 1.54) is 0 Å². The molecule has 0 radical (unpaired) electrons. The zero-order valence-electron chi connectivity index (χ0n) is 13.3. The lowest BCUT2D eigenvalue weighted by atomic mass is 10.2. The first-order chi connectivity index (χ1) is 11.8. The van der Waals surface area contributed by atoms with Crippen molar-refractivity contribution in [2.24, 2.45) is 0 Å². The van der Waals surface area contributed by atoms with Gasteiger partial charge in [-0.2, -0.15) is 5.10 Å². The van der Waals surface area contributed by atoms with Gasteiger partial charge in [0.25, 0.3) is 0 Å². The number of benzene rings is 2. The van der Waals surface area contributed by atoms with Gasteiger partial charge in [-0.1, -0.05) is 54.6 Å². The summed E-state index contributed by atoms with van der Waals surface area (Å²) < 4.78 is 7.66. The molecular weight excluding hydrogens is 320 g/mol. The lowest BCUT2D eigenvalue weighted by Gasteiger charge is -2.10. The van der Waals surface area contributed by atoms with Gasteiger partial charge in [0.2, 0.25) is 4.77 Å². The number of hydrogen-bond acceptors (Lipinski definition) is 4. The molecule has 0 unspecified atom stereocenters. The molecule has 5 nitrogen and oxygen atoms in total. The average Bonchev–Trinajstić information content (AvgIpc) is 3.00. The highest BCUT2D eigenvalue weighted by Crippen LogP contribution is 2.27. The first-order valence-electron chi connectivity index (χ1n) is 7.56. The van der Waals surface area contributed by atoms with E-state index in [-0.39, 0.29) is 0 Å². The topological polar surface area (TPSA) is 54.9 Å². The van der Waals surface area contributed by atoms with Gasteiger partial charge in [-0.05, 0) is 29.9 Å². The molecule has 0 aliphatic heterocycles. The summed E-state index contributed by atoms with van der Waals surface area (Å²) in [6.07, 6.45) is 4.09. The molecule has 0 atom stereocenters. The average molecular weight is 338 g/mol. The molecule has 2 aromatic carbocycles. The summed E-state index contributed by atoms with van der Waals surface area (Å²) in [6.45, 7) is 0.616. The largest absolute Gasteiger partial charge is 0.496 e. The molecule has 0 saturated carbocycles. The Morgan fingerprint density at radius 1 is 1.17 bits per heavy atom. The third kappa shape index (κ3) is 3.55. The minimum Gasteiger partial charge on any atom is -0.496 e. The second kappa shape index (κ2) is 7.61. The Bertz CT molecular complexity index is 883. The van der Waals surface area contributed by atoms with Crippen molar-refractivity contribution in [2.75, 3.05) is 19.1 Å². The van der Waals surface area contributed by atoms with E-state index < -0.39 is 0 Å². The van der Waals surface area contributed by atoms with Gasteiger partial charge in [0.1, 0.15) is 5.75 Å². The molecule has 0 bridgehead atoms. The van der Waals surface area contributed by atoms with Gasteiger partial charge in [-0.25, -0.2) is 9.77 Å². The van der Waals surface area contributed by atoms with Crippen molar-refractivity contribution in [3.8, 4) is 17.1 Å². The zero-order chi connectivity index (χ0) is 16.8. The molecule has 122 valence electrons. The van der Waals surface area contributed by atoms with Crippen molar-refractivity contribution < 1.29 is 4.74 Å². The predicted octanol–water partition coefficient (Wildman–Crippen LogP) is 3.87. The van der Waals surface area contributed by atoms with E-state index in [4.69, 9.17) is 17.0 Å². The molecule has 1 aromatic heterocycles. The highest BCUT2D eigenvalue weighted by Gasteiger charge is 2.12. The van der Waals surface area contributed by atoms with E-state index in [2.05, 4.69) is 33.8 Å². The van der Waals surface area contributed by atoms with Crippen LogP contribution in [0.15, 0.2) is 60.7 Å². The molecule has 2 N–H and O–H groups in total. The Morgan fingerprint density at radius 3 is 2.71 bits per heavy atom. The number of H-pyrrole nitrogens is 1. The number of aromatic nitrogens is 3. The summed E-state index contributed by atoms with van der Waals surface area (Å²) in [4.78, 5) is 0. The molecule has 0 aliphatic rings. The van der Waals surface area contributed by atoms with Crippen molar-refractivity contribution in [3.63, 3.8) is 0 Å². The van der Waals surface area contributed by atoms with Gasteiger partial charge < -0.3 is 10.2 Å². The van der Waals surface area contributed by atoms with E-state index in [9.17, 15) is 0 Å². The first kappa shape index (κ1) is 16.0. The van der Waals surface area contributed by atoms with Crippen LogP contribution in [0.25, 0.3) is 17.5 Å². The second-order valence-corrected chi connectivity index (χ2v) is 5.45. The van der Waals surface area contributed by atoms with Gasteiger partial charge in [0.05, 0.1) is 12.7 Å². The Balaban J connectivity index is 1.78. The van der Waals surface area contributed by atoms with Crippen molar-refractivity contribution in [1.82, 2.24) is 14.9 Å². The fraction of sp³-hybridized carbons (Fsp3) is 0.111. The highest BCUT2D eigenvalue weighted by atomic mass is 32.1. The molecule has 6 heteroatoms. The van der Waals surface area contributed by atoms with Gasteiger partial charge in [-0.15, -0.1) is 0 Å². The van der Waals surface area contributed by atoms with Crippen LogP contribution < -0.4 is 10.2 Å². The Morgan fingerprint density at radius 2 is 1.92 bits per heavy atom. The molecule has 0 aliphatic carbocycles. The summed E-state index contributed by atoms with van der Waals surface area (Å²) in [5.74, 6) is 1.43. The van der Waals surface area contributed by atoms with E-state index in [0.717, 1.165) is 16.9 Å². The third-order valence-electron chi connectivity index (χ3n) is 3.50. The zero-order valence-corrected chi connectivity index (χ0v) is 14.1.